The quantitative estimate of drug-likeness (QED) is 0.815. The number of Topliss-reactive ketones (excluding diaryl/α,β-unsaturated/α-hetero) is 1. The van der Waals surface area contributed by atoms with E-state index >= 15 is 0 Å². The predicted octanol–water partition coefficient (Wildman–Crippen LogP) is 3.06. The van der Waals surface area contributed by atoms with E-state index in [1.165, 1.54) is 6.08 Å². The highest BCUT2D eigenvalue weighted by molar-refractivity contribution is 6.43. The van der Waals surface area contributed by atoms with Crippen LogP contribution in [0.5, 0.6) is 5.75 Å². The van der Waals surface area contributed by atoms with Crippen molar-refractivity contribution in [3.05, 3.63) is 41.4 Å². The lowest BCUT2D eigenvalue weighted by molar-refractivity contribution is -0.116. The molecule has 1 aliphatic carbocycles. The van der Waals surface area contributed by atoms with Crippen LogP contribution in [0.2, 0.25) is 0 Å². The molecule has 0 saturated carbocycles. The highest BCUT2D eigenvalue weighted by Gasteiger charge is 2.34. The molecule has 0 radical (unpaired) electrons. The van der Waals surface area contributed by atoms with E-state index in [4.69, 9.17) is 16.3 Å². The summed E-state index contributed by atoms with van der Waals surface area (Å²) in [4.78, 5) is 11.3. The number of rotatable bonds is 6. The van der Waals surface area contributed by atoms with Crippen molar-refractivity contribution >= 4 is 17.4 Å². The molecule has 102 valence electrons. The van der Waals surface area contributed by atoms with Gasteiger partial charge in [0.1, 0.15) is 5.75 Å². The number of allylic oxidation sites excluding steroid dienone is 1. The van der Waals surface area contributed by atoms with Crippen molar-refractivity contribution in [1.29, 1.82) is 0 Å². The minimum Gasteiger partial charge on any atom is -0.494 e. The highest BCUT2D eigenvalue weighted by Crippen LogP contribution is 2.31. The van der Waals surface area contributed by atoms with Gasteiger partial charge in [0.2, 0.25) is 0 Å². The molecule has 0 fully saturated rings. The molecule has 1 N–H and O–H groups in total. The third-order valence-electron chi connectivity index (χ3n) is 3.14. The fraction of sp³-hybridized carbons (Fsp3) is 0.400. The molecule has 1 unspecified atom stereocenters. The first-order valence-electron chi connectivity index (χ1n) is 6.41. The second kappa shape index (κ2) is 6.22. The summed E-state index contributed by atoms with van der Waals surface area (Å²) in [6.07, 6.45) is 3.72. The van der Waals surface area contributed by atoms with E-state index in [2.05, 4.69) is 0 Å². The zero-order valence-electron chi connectivity index (χ0n) is 10.6. The van der Waals surface area contributed by atoms with Crippen LogP contribution in [0.3, 0.4) is 0 Å². The number of ketones is 1. The van der Waals surface area contributed by atoms with Crippen molar-refractivity contribution < 1.29 is 14.6 Å². The maximum atomic E-state index is 11.3. The van der Waals surface area contributed by atoms with Gasteiger partial charge in [-0.05, 0) is 37.5 Å². The van der Waals surface area contributed by atoms with Gasteiger partial charge in [0.15, 0.2) is 5.78 Å². The van der Waals surface area contributed by atoms with E-state index in [1.807, 2.05) is 30.3 Å². The van der Waals surface area contributed by atoms with Gasteiger partial charge >= 0.3 is 0 Å². The van der Waals surface area contributed by atoms with E-state index in [-0.39, 0.29) is 17.2 Å². The average molecular weight is 281 g/mol. The van der Waals surface area contributed by atoms with E-state index in [9.17, 15) is 9.90 Å². The summed E-state index contributed by atoms with van der Waals surface area (Å²) in [6.45, 7) is 0.603. The van der Waals surface area contributed by atoms with Crippen LogP contribution < -0.4 is 4.74 Å². The second-order valence-corrected chi connectivity index (χ2v) is 5.22. The Morgan fingerprint density at radius 1 is 1.26 bits per heavy atom. The minimum atomic E-state index is -1.05. The number of carbonyl (C=O) groups excluding carboxylic acids is 1. The number of aliphatic hydroxyl groups is 1. The lowest BCUT2D eigenvalue weighted by Crippen LogP contribution is -2.24. The summed E-state index contributed by atoms with van der Waals surface area (Å²) in [6, 6.07) is 9.61. The van der Waals surface area contributed by atoms with Gasteiger partial charge in [-0.1, -0.05) is 29.8 Å². The van der Waals surface area contributed by atoms with Gasteiger partial charge in [0.05, 0.1) is 17.2 Å². The van der Waals surface area contributed by atoms with E-state index in [1.54, 1.807) is 0 Å². The van der Waals surface area contributed by atoms with Gasteiger partial charge in [0.25, 0.3) is 0 Å². The molecule has 2 rings (SSSR count). The van der Waals surface area contributed by atoms with Crippen LogP contribution in [0.15, 0.2) is 41.4 Å². The maximum Gasteiger partial charge on any atom is 0.177 e. The Kier molecular flexibility index (Phi) is 4.61. The Morgan fingerprint density at radius 2 is 2.00 bits per heavy atom. The average Bonchev–Trinajstić information content (AvgIpc) is 2.64. The number of hydrogen-bond acceptors (Lipinski definition) is 3. The first kappa shape index (κ1) is 14.1. The number of halogens is 1. The fourth-order valence-electron chi connectivity index (χ4n) is 2.13. The van der Waals surface area contributed by atoms with Gasteiger partial charge in [0, 0.05) is 6.42 Å². The summed E-state index contributed by atoms with van der Waals surface area (Å²) < 4.78 is 5.56. The molecule has 19 heavy (non-hydrogen) atoms. The van der Waals surface area contributed by atoms with Crippen molar-refractivity contribution in [2.24, 2.45) is 0 Å². The van der Waals surface area contributed by atoms with Gasteiger partial charge < -0.3 is 9.84 Å². The van der Waals surface area contributed by atoms with E-state index < -0.39 is 5.60 Å². The monoisotopic (exact) mass is 280 g/mol. The van der Waals surface area contributed by atoms with Gasteiger partial charge in [-0.3, -0.25) is 4.79 Å². The summed E-state index contributed by atoms with van der Waals surface area (Å²) in [5.41, 5.74) is -1.05. The zero-order chi connectivity index (χ0) is 13.7. The molecule has 1 aromatic carbocycles. The molecule has 3 nitrogen and oxygen atoms in total. The number of benzene rings is 1. The van der Waals surface area contributed by atoms with Crippen LogP contribution in [0, 0.1) is 0 Å². The Hall–Kier alpha value is -1.32. The zero-order valence-corrected chi connectivity index (χ0v) is 11.4. The number of unbranched alkanes of at least 4 members (excludes halogenated alkanes) is 1. The minimum absolute atomic E-state index is 0.103. The van der Waals surface area contributed by atoms with Crippen molar-refractivity contribution in [2.45, 2.75) is 31.3 Å². The van der Waals surface area contributed by atoms with E-state index in [0.29, 0.717) is 13.0 Å². The number of ether oxygens (including phenoxy) is 1. The Labute approximate surface area is 117 Å². The van der Waals surface area contributed by atoms with Crippen molar-refractivity contribution in [3.8, 4) is 5.75 Å². The molecule has 0 heterocycles. The van der Waals surface area contributed by atoms with Crippen molar-refractivity contribution in [3.63, 3.8) is 0 Å². The van der Waals surface area contributed by atoms with Crippen LogP contribution in [0.25, 0.3) is 0 Å². The SMILES string of the molecule is O=C1CC(O)(CCCCOc2ccccc2)C=C1Cl. The smallest absolute Gasteiger partial charge is 0.177 e. The number of para-hydroxylation sites is 1. The summed E-state index contributed by atoms with van der Waals surface area (Å²) in [5.74, 6) is 0.671. The number of hydrogen-bond donors (Lipinski definition) is 1. The largest absolute Gasteiger partial charge is 0.494 e. The topological polar surface area (TPSA) is 46.5 Å². The molecule has 0 saturated heterocycles. The molecule has 1 atom stereocenters. The van der Waals surface area contributed by atoms with Crippen LogP contribution in [-0.4, -0.2) is 23.1 Å². The highest BCUT2D eigenvalue weighted by atomic mass is 35.5. The normalized spacial score (nSPS) is 22.4. The first-order valence-corrected chi connectivity index (χ1v) is 6.79. The first-order chi connectivity index (χ1) is 9.09. The molecule has 0 aromatic heterocycles. The second-order valence-electron chi connectivity index (χ2n) is 4.81. The molecule has 1 aromatic rings. The molecule has 0 amide bonds. The molecule has 0 aliphatic heterocycles. The van der Waals surface area contributed by atoms with Crippen molar-refractivity contribution in [1.82, 2.24) is 0 Å². The Balaban J connectivity index is 1.66. The van der Waals surface area contributed by atoms with Gasteiger partial charge in [-0.2, -0.15) is 0 Å². The molecule has 0 bridgehead atoms. The molecule has 4 heteroatoms. The lowest BCUT2D eigenvalue weighted by Gasteiger charge is -2.18. The third kappa shape index (κ3) is 4.08. The Bertz CT molecular complexity index is 470. The van der Waals surface area contributed by atoms with Gasteiger partial charge in [-0.25, -0.2) is 0 Å². The predicted molar refractivity (Wildman–Crippen MR) is 74.3 cm³/mol. The van der Waals surface area contributed by atoms with Crippen LogP contribution in [0.1, 0.15) is 25.7 Å². The molecule has 1 aliphatic rings. The van der Waals surface area contributed by atoms with Crippen molar-refractivity contribution in [2.75, 3.05) is 6.61 Å². The number of carbonyl (C=O) groups is 1. The van der Waals surface area contributed by atoms with Crippen LogP contribution >= 0.6 is 11.6 Å². The fourth-order valence-corrected chi connectivity index (χ4v) is 2.40. The maximum absolute atomic E-state index is 11.3. The standard InChI is InChI=1S/C15H17ClO3/c16-13-10-15(18,11-14(13)17)8-4-5-9-19-12-6-2-1-3-7-12/h1-3,6-7,10,18H,4-5,8-9,11H2. The summed E-state index contributed by atoms with van der Waals surface area (Å²) >= 11 is 5.69. The third-order valence-corrected chi connectivity index (χ3v) is 3.46. The molecular weight excluding hydrogens is 264 g/mol. The molecular formula is C15H17ClO3. The lowest BCUT2D eigenvalue weighted by atomic mass is 9.96. The summed E-state index contributed by atoms with van der Waals surface area (Å²) in [5, 5.41) is 10.3. The van der Waals surface area contributed by atoms with Gasteiger partial charge in [-0.15, -0.1) is 0 Å². The summed E-state index contributed by atoms with van der Waals surface area (Å²) in [7, 11) is 0. The molecule has 0 spiro atoms. The van der Waals surface area contributed by atoms with Crippen LogP contribution in [-0.2, 0) is 4.79 Å². The van der Waals surface area contributed by atoms with E-state index in [0.717, 1.165) is 18.6 Å². The Morgan fingerprint density at radius 3 is 2.63 bits per heavy atom. The van der Waals surface area contributed by atoms with Crippen LogP contribution in [0.4, 0.5) is 0 Å².